The molecule has 1 N–H and O–H groups in total. The summed E-state index contributed by atoms with van der Waals surface area (Å²) in [5.41, 5.74) is 2.97. The number of aromatic amines is 1. The van der Waals surface area contributed by atoms with Gasteiger partial charge in [0.2, 0.25) is 0 Å². The maximum atomic E-state index is 11.6. The highest BCUT2D eigenvalue weighted by atomic mass is 35.5. The molecule has 86 valence electrons. The van der Waals surface area contributed by atoms with Crippen LogP contribution in [-0.2, 0) is 4.74 Å². The minimum atomic E-state index is -0.345. The molecule has 1 heterocycles. The Kier molecular flexibility index (Phi) is 4.45. The van der Waals surface area contributed by atoms with Crippen molar-refractivity contribution in [2.45, 2.75) is 20.8 Å². The normalized spacial score (nSPS) is 9.50. The molecule has 0 fully saturated rings. The van der Waals surface area contributed by atoms with Gasteiger partial charge in [0, 0.05) is 11.3 Å². The number of hydrogen-bond donors (Lipinski definition) is 1. The number of halogens is 1. The molecule has 4 heteroatoms. The highest BCUT2D eigenvalue weighted by Crippen LogP contribution is 2.17. The SMILES string of the molecule is CCOC(=O)c1[nH]c(C)c(C#CCCl)c1C. The number of hydrogen-bond acceptors (Lipinski definition) is 2. The van der Waals surface area contributed by atoms with Gasteiger partial charge in [-0.05, 0) is 26.3 Å². The lowest BCUT2D eigenvalue weighted by Gasteiger charge is -1.99. The smallest absolute Gasteiger partial charge is 0.355 e. The number of carbonyl (C=O) groups excluding carboxylic acids is 1. The van der Waals surface area contributed by atoms with E-state index in [0.29, 0.717) is 12.3 Å². The van der Waals surface area contributed by atoms with E-state index in [4.69, 9.17) is 16.3 Å². The van der Waals surface area contributed by atoms with E-state index >= 15 is 0 Å². The molecule has 16 heavy (non-hydrogen) atoms. The highest BCUT2D eigenvalue weighted by Gasteiger charge is 2.16. The Morgan fingerprint density at radius 3 is 2.75 bits per heavy atom. The van der Waals surface area contributed by atoms with Crippen LogP contribution >= 0.6 is 11.6 Å². The second-order valence-corrected chi connectivity index (χ2v) is 3.55. The van der Waals surface area contributed by atoms with Crippen LogP contribution in [0.25, 0.3) is 0 Å². The molecule has 0 aliphatic rings. The van der Waals surface area contributed by atoms with Gasteiger partial charge in [0.1, 0.15) is 5.69 Å². The average molecular weight is 240 g/mol. The lowest BCUT2D eigenvalue weighted by atomic mass is 10.1. The van der Waals surface area contributed by atoms with Crippen molar-refractivity contribution in [3.05, 3.63) is 22.5 Å². The molecular weight excluding hydrogens is 226 g/mol. The van der Waals surface area contributed by atoms with Gasteiger partial charge in [-0.2, -0.15) is 0 Å². The zero-order valence-electron chi connectivity index (χ0n) is 9.61. The number of ether oxygens (including phenoxy) is 1. The summed E-state index contributed by atoms with van der Waals surface area (Å²) < 4.78 is 4.94. The van der Waals surface area contributed by atoms with Crippen LogP contribution in [0.5, 0.6) is 0 Å². The van der Waals surface area contributed by atoms with Crippen molar-refractivity contribution in [2.75, 3.05) is 12.5 Å². The van der Waals surface area contributed by atoms with Gasteiger partial charge in [-0.3, -0.25) is 0 Å². The van der Waals surface area contributed by atoms with E-state index in [9.17, 15) is 4.79 Å². The third-order valence-corrected chi connectivity index (χ3v) is 2.33. The summed E-state index contributed by atoms with van der Waals surface area (Å²) >= 11 is 5.50. The minimum absolute atomic E-state index is 0.277. The van der Waals surface area contributed by atoms with Crippen molar-refractivity contribution in [2.24, 2.45) is 0 Å². The lowest BCUT2D eigenvalue weighted by Crippen LogP contribution is -2.06. The third kappa shape index (κ3) is 2.59. The van der Waals surface area contributed by atoms with Crippen LogP contribution in [-0.4, -0.2) is 23.4 Å². The molecule has 0 radical (unpaired) electrons. The summed E-state index contributed by atoms with van der Waals surface area (Å²) in [6.07, 6.45) is 0. The van der Waals surface area contributed by atoms with E-state index in [2.05, 4.69) is 16.8 Å². The zero-order chi connectivity index (χ0) is 12.1. The second-order valence-electron chi connectivity index (χ2n) is 3.28. The van der Waals surface area contributed by atoms with Crippen LogP contribution in [0.15, 0.2) is 0 Å². The number of alkyl halides is 1. The van der Waals surface area contributed by atoms with Crippen LogP contribution in [0.1, 0.15) is 34.2 Å². The van der Waals surface area contributed by atoms with E-state index in [1.165, 1.54) is 0 Å². The number of H-pyrrole nitrogens is 1. The minimum Gasteiger partial charge on any atom is -0.461 e. The third-order valence-electron chi connectivity index (χ3n) is 2.20. The predicted octanol–water partition coefficient (Wildman–Crippen LogP) is 2.40. The van der Waals surface area contributed by atoms with Gasteiger partial charge < -0.3 is 9.72 Å². The number of aryl methyl sites for hydroxylation is 1. The fourth-order valence-electron chi connectivity index (χ4n) is 1.47. The van der Waals surface area contributed by atoms with Crippen molar-refractivity contribution in [1.82, 2.24) is 4.98 Å². The van der Waals surface area contributed by atoms with Gasteiger partial charge in [0.25, 0.3) is 0 Å². The van der Waals surface area contributed by atoms with E-state index in [1.54, 1.807) is 6.92 Å². The maximum absolute atomic E-state index is 11.6. The molecule has 0 amide bonds. The van der Waals surface area contributed by atoms with E-state index in [1.807, 2.05) is 13.8 Å². The Morgan fingerprint density at radius 2 is 2.19 bits per heavy atom. The number of aromatic nitrogens is 1. The van der Waals surface area contributed by atoms with Gasteiger partial charge in [0.05, 0.1) is 12.5 Å². The molecule has 0 spiro atoms. The summed E-state index contributed by atoms with van der Waals surface area (Å²) in [7, 11) is 0. The molecule has 1 aromatic rings. The van der Waals surface area contributed by atoms with Crippen molar-refractivity contribution in [3.63, 3.8) is 0 Å². The summed E-state index contributed by atoms with van der Waals surface area (Å²) in [5, 5.41) is 0. The molecule has 0 saturated heterocycles. The molecule has 0 saturated carbocycles. The molecule has 0 aliphatic heterocycles. The molecule has 0 unspecified atom stereocenters. The van der Waals surface area contributed by atoms with Gasteiger partial charge in [-0.1, -0.05) is 11.8 Å². The van der Waals surface area contributed by atoms with Crippen molar-refractivity contribution < 1.29 is 9.53 Å². The molecule has 0 atom stereocenters. The summed E-state index contributed by atoms with van der Waals surface area (Å²) in [5.74, 6) is 5.63. The van der Waals surface area contributed by atoms with Gasteiger partial charge in [-0.25, -0.2) is 4.79 Å². The van der Waals surface area contributed by atoms with Crippen LogP contribution in [0.4, 0.5) is 0 Å². The first-order chi connectivity index (χ1) is 7.61. The van der Waals surface area contributed by atoms with Gasteiger partial charge >= 0.3 is 5.97 Å². The number of esters is 1. The Bertz CT molecular complexity index is 452. The first kappa shape index (κ1) is 12.7. The number of rotatable bonds is 2. The molecular formula is C12H14ClNO2. The topological polar surface area (TPSA) is 42.1 Å². The monoisotopic (exact) mass is 239 g/mol. The van der Waals surface area contributed by atoms with Gasteiger partial charge in [-0.15, -0.1) is 11.6 Å². The average Bonchev–Trinajstić information content (AvgIpc) is 2.53. The Balaban J connectivity index is 3.11. The first-order valence-electron chi connectivity index (χ1n) is 5.02. The summed E-state index contributed by atoms with van der Waals surface area (Å²) in [6.45, 7) is 5.85. The lowest BCUT2D eigenvalue weighted by molar-refractivity contribution is 0.0519. The quantitative estimate of drug-likeness (QED) is 0.489. The first-order valence-corrected chi connectivity index (χ1v) is 5.56. The number of carbonyl (C=O) groups is 1. The standard InChI is InChI=1S/C12H14ClNO2/c1-4-16-12(15)11-8(2)10(6-5-7-13)9(3)14-11/h14H,4,7H2,1-3H3. The molecule has 1 rings (SSSR count). The van der Waals surface area contributed by atoms with E-state index in [0.717, 1.165) is 16.8 Å². The maximum Gasteiger partial charge on any atom is 0.355 e. The summed E-state index contributed by atoms with van der Waals surface area (Å²) in [6, 6.07) is 0. The van der Waals surface area contributed by atoms with Crippen LogP contribution < -0.4 is 0 Å². The molecule has 0 aromatic carbocycles. The molecule has 3 nitrogen and oxygen atoms in total. The second kappa shape index (κ2) is 5.62. The zero-order valence-corrected chi connectivity index (χ0v) is 10.4. The van der Waals surface area contributed by atoms with Crippen molar-refractivity contribution >= 4 is 17.6 Å². The van der Waals surface area contributed by atoms with Crippen LogP contribution in [0, 0.1) is 25.7 Å². The Labute approximate surface area is 100 Å². The van der Waals surface area contributed by atoms with Crippen molar-refractivity contribution in [3.8, 4) is 11.8 Å². The summed E-state index contributed by atoms with van der Waals surface area (Å²) in [4.78, 5) is 14.6. The Hall–Kier alpha value is -1.40. The van der Waals surface area contributed by atoms with E-state index < -0.39 is 0 Å². The largest absolute Gasteiger partial charge is 0.461 e. The highest BCUT2D eigenvalue weighted by molar-refractivity contribution is 6.19. The fourth-order valence-corrected chi connectivity index (χ4v) is 1.53. The molecule has 1 aromatic heterocycles. The number of nitrogens with one attached hydrogen (secondary N) is 1. The molecule has 0 bridgehead atoms. The predicted molar refractivity (Wildman–Crippen MR) is 63.8 cm³/mol. The Morgan fingerprint density at radius 1 is 1.50 bits per heavy atom. The van der Waals surface area contributed by atoms with Crippen LogP contribution in [0.3, 0.4) is 0 Å². The van der Waals surface area contributed by atoms with E-state index in [-0.39, 0.29) is 11.8 Å². The molecule has 0 aliphatic carbocycles. The van der Waals surface area contributed by atoms with Gasteiger partial charge in [0.15, 0.2) is 0 Å². The van der Waals surface area contributed by atoms with Crippen molar-refractivity contribution in [1.29, 1.82) is 0 Å². The van der Waals surface area contributed by atoms with Crippen LogP contribution in [0.2, 0.25) is 0 Å². The fraction of sp³-hybridized carbons (Fsp3) is 0.417.